The zero-order valence-corrected chi connectivity index (χ0v) is 11.3. The lowest BCUT2D eigenvalue weighted by molar-refractivity contribution is 0.0601. The maximum absolute atomic E-state index is 11.4. The lowest BCUT2D eigenvalue weighted by Crippen LogP contribution is -2.14. The smallest absolute Gasteiger partial charge is 0.337 e. The van der Waals surface area contributed by atoms with Gasteiger partial charge in [-0.25, -0.2) is 4.79 Å². The second-order valence-corrected chi connectivity index (χ2v) is 4.36. The summed E-state index contributed by atoms with van der Waals surface area (Å²) >= 11 is 0. The van der Waals surface area contributed by atoms with Crippen molar-refractivity contribution in [1.29, 1.82) is 0 Å². The number of methoxy groups -OCH3 is 1. The van der Waals surface area contributed by atoms with Crippen molar-refractivity contribution >= 4 is 17.3 Å². The van der Waals surface area contributed by atoms with Crippen molar-refractivity contribution in [3.05, 3.63) is 23.8 Å². The first kappa shape index (κ1) is 14.4. The van der Waals surface area contributed by atoms with Gasteiger partial charge in [-0.05, 0) is 24.1 Å². The topological polar surface area (TPSA) is 64.3 Å². The van der Waals surface area contributed by atoms with Gasteiger partial charge < -0.3 is 15.8 Å². The molecule has 0 heterocycles. The molecule has 0 amide bonds. The van der Waals surface area contributed by atoms with Crippen LogP contribution in [0.15, 0.2) is 18.2 Å². The quantitative estimate of drug-likeness (QED) is 0.602. The fourth-order valence-corrected chi connectivity index (χ4v) is 1.79. The van der Waals surface area contributed by atoms with Crippen LogP contribution in [0.2, 0.25) is 0 Å². The molecule has 4 nitrogen and oxygen atoms in total. The van der Waals surface area contributed by atoms with E-state index >= 15 is 0 Å². The SMILES string of the molecule is CCC(CC)CNc1cc(C(=O)OC)ccc1N. The van der Waals surface area contributed by atoms with Gasteiger partial charge in [0.1, 0.15) is 0 Å². The predicted molar refractivity (Wildman–Crippen MR) is 74.8 cm³/mol. The van der Waals surface area contributed by atoms with Crippen molar-refractivity contribution in [3.8, 4) is 0 Å². The highest BCUT2D eigenvalue weighted by Crippen LogP contribution is 2.21. The van der Waals surface area contributed by atoms with Crippen molar-refractivity contribution in [2.24, 2.45) is 5.92 Å². The first-order valence-corrected chi connectivity index (χ1v) is 6.34. The van der Waals surface area contributed by atoms with Crippen LogP contribution < -0.4 is 11.1 Å². The van der Waals surface area contributed by atoms with Crippen molar-refractivity contribution < 1.29 is 9.53 Å². The van der Waals surface area contributed by atoms with E-state index in [1.807, 2.05) is 0 Å². The van der Waals surface area contributed by atoms with Gasteiger partial charge >= 0.3 is 5.97 Å². The summed E-state index contributed by atoms with van der Waals surface area (Å²) in [5.41, 5.74) is 7.84. The van der Waals surface area contributed by atoms with Gasteiger partial charge in [-0.1, -0.05) is 26.7 Å². The highest BCUT2D eigenvalue weighted by Gasteiger charge is 2.09. The highest BCUT2D eigenvalue weighted by atomic mass is 16.5. The number of nitrogen functional groups attached to an aromatic ring is 1. The van der Waals surface area contributed by atoms with Gasteiger partial charge in [-0.2, -0.15) is 0 Å². The van der Waals surface area contributed by atoms with Crippen molar-refractivity contribution in [2.45, 2.75) is 26.7 Å². The third-order valence-corrected chi connectivity index (χ3v) is 3.21. The zero-order valence-electron chi connectivity index (χ0n) is 11.3. The Balaban J connectivity index is 2.78. The fourth-order valence-electron chi connectivity index (χ4n) is 1.79. The standard InChI is InChI=1S/C14H22N2O2/c1-4-10(5-2)9-16-13-8-11(14(17)18-3)6-7-12(13)15/h6-8,10,16H,4-5,9,15H2,1-3H3. The molecule has 0 spiro atoms. The molecule has 0 aliphatic heterocycles. The number of carbonyl (C=O) groups excluding carboxylic acids is 1. The van der Waals surface area contributed by atoms with Crippen LogP contribution in [0.3, 0.4) is 0 Å². The van der Waals surface area contributed by atoms with E-state index in [1.165, 1.54) is 7.11 Å². The Morgan fingerprint density at radius 3 is 2.61 bits per heavy atom. The average Bonchev–Trinajstić information content (AvgIpc) is 2.40. The summed E-state index contributed by atoms with van der Waals surface area (Å²) in [6.45, 7) is 5.20. The summed E-state index contributed by atoms with van der Waals surface area (Å²) in [4.78, 5) is 11.4. The molecule has 0 fully saturated rings. The molecule has 0 atom stereocenters. The molecular weight excluding hydrogens is 228 g/mol. The molecule has 0 aliphatic rings. The van der Waals surface area contributed by atoms with E-state index in [-0.39, 0.29) is 5.97 Å². The number of carbonyl (C=O) groups is 1. The Kier molecular flexibility index (Phi) is 5.49. The second kappa shape index (κ2) is 6.89. The molecule has 0 saturated carbocycles. The molecule has 4 heteroatoms. The molecular formula is C14H22N2O2. The third kappa shape index (κ3) is 3.65. The summed E-state index contributed by atoms with van der Waals surface area (Å²) in [5, 5.41) is 3.30. The number of hydrogen-bond acceptors (Lipinski definition) is 4. The van der Waals surface area contributed by atoms with Gasteiger partial charge in [-0.3, -0.25) is 0 Å². The lowest BCUT2D eigenvalue weighted by atomic mass is 10.0. The van der Waals surface area contributed by atoms with Crippen LogP contribution in [-0.4, -0.2) is 19.6 Å². The van der Waals surface area contributed by atoms with Crippen LogP contribution in [0, 0.1) is 5.92 Å². The summed E-state index contributed by atoms with van der Waals surface area (Å²) in [5.74, 6) is 0.270. The highest BCUT2D eigenvalue weighted by molar-refractivity contribution is 5.91. The summed E-state index contributed by atoms with van der Waals surface area (Å²) < 4.78 is 4.69. The van der Waals surface area contributed by atoms with Crippen molar-refractivity contribution in [1.82, 2.24) is 0 Å². The van der Waals surface area contributed by atoms with Gasteiger partial charge in [0.25, 0.3) is 0 Å². The van der Waals surface area contributed by atoms with Gasteiger partial charge in [0.15, 0.2) is 0 Å². The van der Waals surface area contributed by atoms with Crippen molar-refractivity contribution in [3.63, 3.8) is 0 Å². The molecule has 0 saturated heterocycles. The second-order valence-electron chi connectivity index (χ2n) is 4.36. The molecule has 100 valence electrons. The molecule has 0 aromatic heterocycles. The Labute approximate surface area is 109 Å². The Hall–Kier alpha value is -1.71. The number of ether oxygens (including phenoxy) is 1. The van der Waals surface area contributed by atoms with Crippen molar-refractivity contribution in [2.75, 3.05) is 24.7 Å². The van der Waals surface area contributed by atoms with Gasteiger partial charge in [0, 0.05) is 6.54 Å². The summed E-state index contributed by atoms with van der Waals surface area (Å²) in [6, 6.07) is 5.13. The van der Waals surface area contributed by atoms with E-state index in [2.05, 4.69) is 19.2 Å². The van der Waals surface area contributed by atoms with E-state index in [1.54, 1.807) is 18.2 Å². The number of esters is 1. The number of benzene rings is 1. The van der Waals surface area contributed by atoms with E-state index in [0.717, 1.165) is 25.1 Å². The Bertz CT molecular complexity index is 401. The number of anilines is 2. The van der Waals surface area contributed by atoms with E-state index in [0.29, 0.717) is 17.2 Å². The van der Waals surface area contributed by atoms with Gasteiger partial charge in [0.2, 0.25) is 0 Å². The zero-order chi connectivity index (χ0) is 13.5. The monoisotopic (exact) mass is 250 g/mol. The number of nitrogens with two attached hydrogens (primary N) is 1. The minimum atomic E-state index is -0.347. The number of hydrogen-bond donors (Lipinski definition) is 2. The molecule has 3 N–H and O–H groups in total. The van der Waals surface area contributed by atoms with Crippen LogP contribution in [-0.2, 0) is 4.74 Å². The predicted octanol–water partition coefficient (Wildman–Crippen LogP) is 2.90. The minimum Gasteiger partial charge on any atom is -0.465 e. The molecule has 0 aliphatic carbocycles. The maximum atomic E-state index is 11.4. The van der Waals surface area contributed by atoms with Gasteiger partial charge in [-0.15, -0.1) is 0 Å². The van der Waals surface area contributed by atoms with Crippen LogP contribution in [0.4, 0.5) is 11.4 Å². The normalized spacial score (nSPS) is 10.4. The van der Waals surface area contributed by atoms with E-state index < -0.39 is 0 Å². The largest absolute Gasteiger partial charge is 0.465 e. The van der Waals surface area contributed by atoms with Gasteiger partial charge in [0.05, 0.1) is 24.0 Å². The first-order valence-electron chi connectivity index (χ1n) is 6.34. The molecule has 18 heavy (non-hydrogen) atoms. The van der Waals surface area contributed by atoms with E-state index in [9.17, 15) is 4.79 Å². The summed E-state index contributed by atoms with van der Waals surface area (Å²) in [7, 11) is 1.37. The molecule has 1 aromatic carbocycles. The van der Waals surface area contributed by atoms with Crippen LogP contribution >= 0.6 is 0 Å². The molecule has 1 aromatic rings. The molecule has 0 radical (unpaired) electrons. The Morgan fingerprint density at radius 2 is 2.06 bits per heavy atom. The molecule has 1 rings (SSSR count). The minimum absolute atomic E-state index is 0.347. The fraction of sp³-hybridized carbons (Fsp3) is 0.500. The maximum Gasteiger partial charge on any atom is 0.337 e. The first-order chi connectivity index (χ1) is 8.62. The molecule has 0 unspecified atom stereocenters. The van der Waals surface area contributed by atoms with Crippen LogP contribution in [0.5, 0.6) is 0 Å². The van der Waals surface area contributed by atoms with Crippen LogP contribution in [0.1, 0.15) is 37.0 Å². The molecule has 0 bridgehead atoms. The summed E-state index contributed by atoms with van der Waals surface area (Å²) in [6.07, 6.45) is 2.25. The third-order valence-electron chi connectivity index (χ3n) is 3.21. The lowest BCUT2D eigenvalue weighted by Gasteiger charge is -2.16. The van der Waals surface area contributed by atoms with Crippen LogP contribution in [0.25, 0.3) is 0 Å². The average molecular weight is 250 g/mol. The Morgan fingerprint density at radius 1 is 1.39 bits per heavy atom. The number of rotatable bonds is 6. The number of nitrogens with one attached hydrogen (secondary N) is 1. The van der Waals surface area contributed by atoms with E-state index in [4.69, 9.17) is 10.5 Å².